The van der Waals surface area contributed by atoms with Crippen LogP contribution in [-0.4, -0.2) is 11.1 Å². The van der Waals surface area contributed by atoms with Crippen molar-refractivity contribution in [2.24, 2.45) is 5.92 Å². The van der Waals surface area contributed by atoms with E-state index in [0.29, 0.717) is 5.92 Å². The molecule has 2 nitrogen and oxygen atoms in total. The molecule has 0 aliphatic carbocycles. The van der Waals surface area contributed by atoms with Gasteiger partial charge in [0.05, 0.1) is 5.52 Å². The fourth-order valence-electron chi connectivity index (χ4n) is 2.89. The minimum Gasteiger partial charge on any atom is -0.343 e. The van der Waals surface area contributed by atoms with Crippen molar-refractivity contribution in [2.75, 3.05) is 6.54 Å². The third kappa shape index (κ3) is 3.40. The van der Waals surface area contributed by atoms with Gasteiger partial charge in [0.25, 0.3) is 0 Å². The van der Waals surface area contributed by atoms with Crippen LogP contribution in [0.1, 0.15) is 25.0 Å². The Bertz CT molecular complexity index is 726. The molecule has 0 amide bonds. The highest BCUT2D eigenvalue weighted by molar-refractivity contribution is 5.83. The molecule has 114 valence electrons. The van der Waals surface area contributed by atoms with Gasteiger partial charge < -0.3 is 9.88 Å². The van der Waals surface area contributed by atoms with Gasteiger partial charge in [-0.05, 0) is 35.0 Å². The lowest BCUT2D eigenvalue weighted by molar-refractivity contribution is 0.552. The number of nitrogens with zero attached hydrogens (tertiary/aromatic N) is 1. The Morgan fingerprint density at radius 3 is 2.55 bits per heavy atom. The molecule has 1 heterocycles. The number of benzene rings is 2. The van der Waals surface area contributed by atoms with Gasteiger partial charge in [0.1, 0.15) is 0 Å². The van der Waals surface area contributed by atoms with Gasteiger partial charge in [-0.1, -0.05) is 62.4 Å². The summed E-state index contributed by atoms with van der Waals surface area (Å²) in [6, 6.07) is 19.4. The highest BCUT2D eigenvalue weighted by Crippen LogP contribution is 2.21. The zero-order valence-electron chi connectivity index (χ0n) is 13.4. The predicted octanol–water partition coefficient (Wildman–Crippen LogP) is 4.44. The number of nitrogens with one attached hydrogen (secondary N) is 1. The van der Waals surface area contributed by atoms with Crippen molar-refractivity contribution >= 4 is 10.9 Å². The first-order chi connectivity index (χ1) is 10.7. The lowest BCUT2D eigenvalue weighted by atomic mass is 10.1. The molecule has 0 radical (unpaired) electrons. The van der Waals surface area contributed by atoms with E-state index in [1.165, 1.54) is 22.0 Å². The van der Waals surface area contributed by atoms with Crippen LogP contribution < -0.4 is 5.32 Å². The maximum Gasteiger partial charge on any atom is 0.0529 e. The van der Waals surface area contributed by atoms with Crippen LogP contribution in [0.2, 0.25) is 0 Å². The number of hydrogen-bond acceptors (Lipinski definition) is 1. The van der Waals surface area contributed by atoms with Crippen LogP contribution in [0.15, 0.2) is 60.8 Å². The Kier molecular flexibility index (Phi) is 4.59. The molecule has 0 saturated heterocycles. The molecule has 2 aromatic carbocycles. The molecule has 0 atom stereocenters. The van der Waals surface area contributed by atoms with Crippen LogP contribution in [0.4, 0.5) is 0 Å². The lowest BCUT2D eigenvalue weighted by Gasteiger charge is -2.12. The summed E-state index contributed by atoms with van der Waals surface area (Å²) >= 11 is 0. The maximum absolute atomic E-state index is 3.56. The number of rotatable bonds is 6. The highest BCUT2D eigenvalue weighted by Gasteiger charge is 2.07. The molecule has 1 N–H and O–H groups in total. The van der Waals surface area contributed by atoms with Gasteiger partial charge in [-0.2, -0.15) is 0 Å². The van der Waals surface area contributed by atoms with E-state index in [2.05, 4.69) is 84.5 Å². The van der Waals surface area contributed by atoms with E-state index in [1.807, 2.05) is 0 Å². The third-order valence-electron chi connectivity index (χ3n) is 3.94. The fourth-order valence-corrected chi connectivity index (χ4v) is 2.89. The molecule has 3 rings (SSSR count). The summed E-state index contributed by atoms with van der Waals surface area (Å²) in [5.74, 6) is 0.676. The van der Waals surface area contributed by atoms with E-state index in [0.717, 1.165) is 19.6 Å². The zero-order valence-corrected chi connectivity index (χ0v) is 13.4. The van der Waals surface area contributed by atoms with E-state index < -0.39 is 0 Å². The second kappa shape index (κ2) is 6.80. The van der Waals surface area contributed by atoms with Crippen molar-refractivity contribution in [3.05, 3.63) is 71.9 Å². The topological polar surface area (TPSA) is 17.0 Å². The minimum absolute atomic E-state index is 0.676. The molecule has 0 bridgehead atoms. The first-order valence-corrected chi connectivity index (χ1v) is 8.05. The van der Waals surface area contributed by atoms with Crippen LogP contribution in [0, 0.1) is 5.92 Å². The summed E-state index contributed by atoms with van der Waals surface area (Å²) in [5, 5.41) is 4.88. The third-order valence-corrected chi connectivity index (χ3v) is 3.94. The molecular formula is C20H24N2. The minimum atomic E-state index is 0.676. The van der Waals surface area contributed by atoms with Crippen LogP contribution >= 0.6 is 0 Å². The van der Waals surface area contributed by atoms with Gasteiger partial charge in [0.15, 0.2) is 0 Å². The molecule has 22 heavy (non-hydrogen) atoms. The summed E-state index contributed by atoms with van der Waals surface area (Å²) in [4.78, 5) is 0. The quantitative estimate of drug-likeness (QED) is 0.711. The number of aromatic nitrogens is 1. The SMILES string of the molecule is CC(C)CNCc1cccc2ccn(Cc3ccccc3)c12. The first kappa shape index (κ1) is 14.9. The monoisotopic (exact) mass is 292 g/mol. The largest absolute Gasteiger partial charge is 0.343 e. The molecule has 0 spiro atoms. The Morgan fingerprint density at radius 1 is 0.955 bits per heavy atom. The molecule has 2 heteroatoms. The predicted molar refractivity (Wildman–Crippen MR) is 94.0 cm³/mol. The Morgan fingerprint density at radius 2 is 1.77 bits per heavy atom. The average Bonchev–Trinajstić information content (AvgIpc) is 2.92. The standard InChI is InChI=1S/C20H24N2/c1-16(2)13-21-14-19-10-6-9-18-11-12-22(20(18)19)15-17-7-4-3-5-8-17/h3-12,16,21H,13-15H2,1-2H3. The molecular weight excluding hydrogens is 268 g/mol. The van der Waals surface area contributed by atoms with Gasteiger partial charge in [0, 0.05) is 19.3 Å². The Hall–Kier alpha value is -2.06. The smallest absolute Gasteiger partial charge is 0.0529 e. The van der Waals surface area contributed by atoms with Crippen molar-refractivity contribution in [1.82, 2.24) is 9.88 Å². The normalized spacial score (nSPS) is 11.4. The van der Waals surface area contributed by atoms with E-state index >= 15 is 0 Å². The van der Waals surface area contributed by atoms with Crippen molar-refractivity contribution < 1.29 is 0 Å². The number of hydrogen-bond donors (Lipinski definition) is 1. The first-order valence-electron chi connectivity index (χ1n) is 8.05. The maximum atomic E-state index is 3.56. The number of para-hydroxylation sites is 1. The Balaban J connectivity index is 1.87. The molecule has 1 aromatic heterocycles. The van der Waals surface area contributed by atoms with Gasteiger partial charge in [-0.15, -0.1) is 0 Å². The highest BCUT2D eigenvalue weighted by atomic mass is 15.0. The summed E-state index contributed by atoms with van der Waals surface area (Å²) < 4.78 is 2.36. The van der Waals surface area contributed by atoms with E-state index in [-0.39, 0.29) is 0 Å². The van der Waals surface area contributed by atoms with Crippen LogP contribution in [-0.2, 0) is 13.1 Å². The van der Waals surface area contributed by atoms with Gasteiger partial charge in [0.2, 0.25) is 0 Å². The van der Waals surface area contributed by atoms with Gasteiger partial charge >= 0.3 is 0 Å². The van der Waals surface area contributed by atoms with Crippen LogP contribution in [0.3, 0.4) is 0 Å². The van der Waals surface area contributed by atoms with Crippen LogP contribution in [0.5, 0.6) is 0 Å². The summed E-state index contributed by atoms with van der Waals surface area (Å²) in [6.45, 7) is 7.38. The zero-order chi connectivity index (χ0) is 15.4. The Labute approximate surface area is 132 Å². The van der Waals surface area contributed by atoms with Crippen molar-refractivity contribution in [3.63, 3.8) is 0 Å². The second-order valence-electron chi connectivity index (χ2n) is 6.31. The van der Waals surface area contributed by atoms with Gasteiger partial charge in [-0.3, -0.25) is 0 Å². The molecule has 0 aliphatic heterocycles. The van der Waals surface area contributed by atoms with Crippen LogP contribution in [0.25, 0.3) is 10.9 Å². The van der Waals surface area contributed by atoms with Gasteiger partial charge in [-0.25, -0.2) is 0 Å². The summed E-state index contributed by atoms with van der Waals surface area (Å²) in [6.07, 6.45) is 2.20. The van der Waals surface area contributed by atoms with Crippen molar-refractivity contribution in [1.29, 1.82) is 0 Å². The molecule has 0 aliphatic rings. The summed E-state index contributed by atoms with van der Waals surface area (Å²) in [5.41, 5.74) is 4.06. The van der Waals surface area contributed by atoms with Crippen molar-refractivity contribution in [2.45, 2.75) is 26.9 Å². The second-order valence-corrected chi connectivity index (χ2v) is 6.31. The molecule has 0 saturated carbocycles. The van der Waals surface area contributed by atoms with E-state index in [9.17, 15) is 0 Å². The van der Waals surface area contributed by atoms with E-state index in [1.54, 1.807) is 0 Å². The molecule has 0 fully saturated rings. The molecule has 0 unspecified atom stereocenters. The number of fused-ring (bicyclic) bond motifs is 1. The van der Waals surface area contributed by atoms with Crippen molar-refractivity contribution in [3.8, 4) is 0 Å². The average molecular weight is 292 g/mol. The lowest BCUT2D eigenvalue weighted by Crippen LogP contribution is -2.19. The molecule has 3 aromatic rings. The summed E-state index contributed by atoms with van der Waals surface area (Å²) in [7, 11) is 0. The van der Waals surface area contributed by atoms with E-state index in [4.69, 9.17) is 0 Å². The fraction of sp³-hybridized carbons (Fsp3) is 0.300.